The summed E-state index contributed by atoms with van der Waals surface area (Å²) in [5.41, 5.74) is 4.34. The first kappa shape index (κ1) is 14.2. The number of hydrogen-bond donors (Lipinski definition) is 1. The molecule has 3 aromatic carbocycles. The van der Waals surface area contributed by atoms with Gasteiger partial charge in [-0.15, -0.1) is 0 Å². The van der Waals surface area contributed by atoms with E-state index in [1.165, 1.54) is 6.07 Å². The van der Waals surface area contributed by atoms with Crippen LogP contribution in [0.3, 0.4) is 0 Å². The largest absolute Gasteiger partial charge is 0.361 e. The fourth-order valence-electron chi connectivity index (χ4n) is 3.43. The maximum absolute atomic E-state index is 13.8. The third-order valence-electron chi connectivity index (χ3n) is 4.57. The van der Waals surface area contributed by atoms with E-state index in [2.05, 4.69) is 5.32 Å². The molecular formula is C20H13F2N3. The minimum Gasteiger partial charge on any atom is -0.361 e. The highest BCUT2D eigenvalue weighted by atomic mass is 19.2. The molecule has 122 valence electrons. The number of benzene rings is 3. The van der Waals surface area contributed by atoms with Gasteiger partial charge in [-0.2, -0.15) is 0 Å². The molecule has 0 saturated heterocycles. The van der Waals surface area contributed by atoms with Crippen molar-refractivity contribution in [3.05, 3.63) is 83.9 Å². The molecule has 0 fully saturated rings. The molecule has 3 nitrogen and oxygen atoms in total. The molecule has 4 aromatic rings. The summed E-state index contributed by atoms with van der Waals surface area (Å²) in [6.45, 7) is 0. The Morgan fingerprint density at radius 2 is 1.68 bits per heavy atom. The molecule has 0 radical (unpaired) electrons. The predicted octanol–water partition coefficient (Wildman–Crippen LogP) is 4.95. The Morgan fingerprint density at radius 3 is 2.56 bits per heavy atom. The fraction of sp³-hybridized carbons (Fsp3) is 0.0500. The molecule has 1 aliphatic heterocycles. The number of imidazole rings is 1. The van der Waals surface area contributed by atoms with E-state index >= 15 is 0 Å². The van der Waals surface area contributed by atoms with Gasteiger partial charge in [0.1, 0.15) is 12.0 Å². The number of fused-ring (bicyclic) bond motifs is 5. The van der Waals surface area contributed by atoms with E-state index in [4.69, 9.17) is 4.98 Å². The van der Waals surface area contributed by atoms with Gasteiger partial charge in [0.15, 0.2) is 11.6 Å². The van der Waals surface area contributed by atoms with Crippen LogP contribution in [0.15, 0.2) is 66.7 Å². The molecule has 1 atom stereocenters. The molecule has 1 N–H and O–H groups in total. The molecule has 1 aliphatic rings. The average molecular weight is 333 g/mol. The number of nitrogens with zero attached hydrogens (tertiary/aromatic N) is 2. The highest BCUT2D eigenvalue weighted by Crippen LogP contribution is 2.40. The summed E-state index contributed by atoms with van der Waals surface area (Å²) >= 11 is 0. The second-order valence-electron chi connectivity index (χ2n) is 6.06. The van der Waals surface area contributed by atoms with E-state index in [0.717, 1.165) is 34.2 Å². The number of rotatable bonds is 1. The summed E-state index contributed by atoms with van der Waals surface area (Å²) in [4.78, 5) is 4.77. The van der Waals surface area contributed by atoms with E-state index < -0.39 is 11.6 Å². The fourth-order valence-corrected chi connectivity index (χ4v) is 3.43. The first-order chi connectivity index (χ1) is 12.2. The number of nitrogens with one attached hydrogen (secondary N) is 1. The molecule has 0 aliphatic carbocycles. The Bertz CT molecular complexity index is 1120. The van der Waals surface area contributed by atoms with Crippen molar-refractivity contribution in [3.63, 3.8) is 0 Å². The van der Waals surface area contributed by atoms with Crippen LogP contribution in [-0.4, -0.2) is 9.55 Å². The van der Waals surface area contributed by atoms with Crippen molar-refractivity contribution in [1.82, 2.24) is 9.55 Å². The topological polar surface area (TPSA) is 29.9 Å². The predicted molar refractivity (Wildman–Crippen MR) is 93.3 cm³/mol. The number of anilines is 1. The van der Waals surface area contributed by atoms with Gasteiger partial charge in [0.25, 0.3) is 0 Å². The molecule has 1 unspecified atom stereocenters. The lowest BCUT2D eigenvalue weighted by Crippen LogP contribution is -2.24. The zero-order chi connectivity index (χ0) is 17.0. The van der Waals surface area contributed by atoms with Gasteiger partial charge < -0.3 is 5.32 Å². The smallest absolute Gasteiger partial charge is 0.159 e. The van der Waals surface area contributed by atoms with Crippen molar-refractivity contribution in [2.24, 2.45) is 0 Å². The van der Waals surface area contributed by atoms with E-state index in [0.29, 0.717) is 5.56 Å². The number of aromatic nitrogens is 2. The zero-order valence-corrected chi connectivity index (χ0v) is 13.1. The van der Waals surface area contributed by atoms with Crippen LogP contribution >= 0.6 is 0 Å². The van der Waals surface area contributed by atoms with Gasteiger partial charge in [-0.1, -0.05) is 30.3 Å². The lowest BCUT2D eigenvalue weighted by Gasteiger charge is -2.30. The normalized spacial score (nSPS) is 15.5. The van der Waals surface area contributed by atoms with Gasteiger partial charge in [-0.25, -0.2) is 13.8 Å². The molecule has 0 spiro atoms. The molecule has 0 saturated carbocycles. The Balaban J connectivity index is 1.81. The third kappa shape index (κ3) is 2.05. The van der Waals surface area contributed by atoms with Gasteiger partial charge >= 0.3 is 0 Å². The minimum atomic E-state index is -0.857. The SMILES string of the molecule is Fc1ccc(C2Nc3ccccc3-c3nc4ccccc4n32)cc1F. The molecule has 5 rings (SSSR count). The molecule has 0 bridgehead atoms. The van der Waals surface area contributed by atoms with Gasteiger partial charge in [0, 0.05) is 11.3 Å². The van der Waals surface area contributed by atoms with Gasteiger partial charge in [-0.3, -0.25) is 4.57 Å². The zero-order valence-electron chi connectivity index (χ0n) is 13.1. The Hall–Kier alpha value is -3.21. The Kier molecular flexibility index (Phi) is 2.91. The van der Waals surface area contributed by atoms with Crippen LogP contribution in [0.25, 0.3) is 22.4 Å². The highest BCUT2D eigenvalue weighted by molar-refractivity contribution is 5.86. The number of halogens is 2. The maximum atomic E-state index is 13.8. The van der Waals surface area contributed by atoms with Crippen LogP contribution in [0, 0.1) is 11.6 Å². The second kappa shape index (κ2) is 5.14. The maximum Gasteiger partial charge on any atom is 0.159 e. The van der Waals surface area contributed by atoms with Gasteiger partial charge in [0.05, 0.1) is 11.0 Å². The minimum absolute atomic E-state index is 0.368. The van der Waals surface area contributed by atoms with Gasteiger partial charge in [-0.05, 0) is 42.0 Å². The van der Waals surface area contributed by atoms with E-state index in [-0.39, 0.29) is 6.17 Å². The quantitative estimate of drug-likeness (QED) is 0.534. The molecular weight excluding hydrogens is 320 g/mol. The summed E-state index contributed by atoms with van der Waals surface area (Å²) in [5, 5.41) is 3.43. The van der Waals surface area contributed by atoms with Crippen LogP contribution in [0.2, 0.25) is 0 Å². The van der Waals surface area contributed by atoms with E-state index in [1.54, 1.807) is 6.07 Å². The molecule has 1 aromatic heterocycles. The van der Waals surface area contributed by atoms with Gasteiger partial charge in [0.2, 0.25) is 0 Å². The Morgan fingerprint density at radius 1 is 0.880 bits per heavy atom. The molecule has 25 heavy (non-hydrogen) atoms. The van der Waals surface area contributed by atoms with Crippen molar-refractivity contribution < 1.29 is 8.78 Å². The average Bonchev–Trinajstić information content (AvgIpc) is 3.03. The number of para-hydroxylation sites is 3. The van der Waals surface area contributed by atoms with Crippen molar-refractivity contribution in [2.75, 3.05) is 5.32 Å². The van der Waals surface area contributed by atoms with Crippen molar-refractivity contribution in [1.29, 1.82) is 0 Å². The van der Waals surface area contributed by atoms with Crippen molar-refractivity contribution in [3.8, 4) is 11.4 Å². The van der Waals surface area contributed by atoms with Crippen LogP contribution < -0.4 is 5.32 Å². The van der Waals surface area contributed by atoms with Crippen LogP contribution in [0.1, 0.15) is 11.7 Å². The first-order valence-corrected chi connectivity index (χ1v) is 8.00. The Labute approximate surface area is 142 Å². The van der Waals surface area contributed by atoms with Crippen LogP contribution in [0.5, 0.6) is 0 Å². The second-order valence-corrected chi connectivity index (χ2v) is 6.06. The molecule has 5 heteroatoms. The lowest BCUT2D eigenvalue weighted by molar-refractivity contribution is 0.504. The van der Waals surface area contributed by atoms with E-state index in [1.807, 2.05) is 53.1 Å². The highest BCUT2D eigenvalue weighted by Gasteiger charge is 2.28. The number of hydrogen-bond acceptors (Lipinski definition) is 2. The standard InChI is InChI=1S/C20H13F2N3/c21-14-10-9-12(11-15(14)22)19-23-16-6-2-1-5-13(16)20-24-17-7-3-4-8-18(17)25(19)20/h1-11,19,23H. The van der Waals surface area contributed by atoms with Crippen LogP contribution in [0.4, 0.5) is 14.5 Å². The third-order valence-corrected chi connectivity index (χ3v) is 4.57. The van der Waals surface area contributed by atoms with E-state index in [9.17, 15) is 8.78 Å². The summed E-state index contributed by atoms with van der Waals surface area (Å²) in [6.07, 6.45) is -0.368. The summed E-state index contributed by atoms with van der Waals surface area (Å²) < 4.78 is 29.2. The van der Waals surface area contributed by atoms with Crippen molar-refractivity contribution >= 4 is 16.7 Å². The summed E-state index contributed by atoms with van der Waals surface area (Å²) in [7, 11) is 0. The lowest BCUT2D eigenvalue weighted by atomic mass is 10.1. The molecule has 2 heterocycles. The monoisotopic (exact) mass is 333 g/mol. The first-order valence-electron chi connectivity index (χ1n) is 8.00. The van der Waals surface area contributed by atoms with Crippen LogP contribution in [-0.2, 0) is 0 Å². The molecule has 0 amide bonds. The summed E-state index contributed by atoms with van der Waals surface area (Å²) in [5.74, 6) is -0.898. The van der Waals surface area contributed by atoms with Crippen molar-refractivity contribution in [2.45, 2.75) is 6.17 Å². The summed E-state index contributed by atoms with van der Waals surface area (Å²) in [6, 6.07) is 19.7.